The van der Waals surface area contributed by atoms with Crippen LogP contribution in [-0.2, 0) is 24.2 Å². The Hall–Kier alpha value is -3.23. The first kappa shape index (κ1) is 23.5. The molecule has 2 heterocycles. The van der Waals surface area contributed by atoms with Crippen LogP contribution >= 0.6 is 23.1 Å². The van der Waals surface area contributed by atoms with Crippen molar-refractivity contribution in [2.75, 3.05) is 5.75 Å². The summed E-state index contributed by atoms with van der Waals surface area (Å²) in [5.74, 6) is 1.57. The van der Waals surface area contributed by atoms with Crippen LogP contribution in [0.2, 0.25) is 0 Å². The molecule has 1 aliphatic carbocycles. The average molecular weight is 503 g/mol. The van der Waals surface area contributed by atoms with E-state index in [1.165, 1.54) is 28.6 Å². The summed E-state index contributed by atoms with van der Waals surface area (Å²) in [6.45, 7) is 2.82. The molecule has 35 heavy (non-hydrogen) atoms. The van der Waals surface area contributed by atoms with Gasteiger partial charge in [0.1, 0.15) is 28.5 Å². The fraction of sp³-hybridized carbons (Fsp3) is 0.259. The lowest BCUT2D eigenvalue weighted by Gasteiger charge is -2.18. The minimum absolute atomic E-state index is 0.168. The molecule has 1 atom stereocenters. The lowest BCUT2D eigenvalue weighted by atomic mass is 9.89. The molecule has 1 aliphatic rings. The SMILES string of the molecule is CC1CCc2c(sc3ncnc(SCC(=O)N/N=C/c4ccc(OCc5ccccc5)cc4)c23)C1. The first-order valence-electron chi connectivity index (χ1n) is 11.6. The summed E-state index contributed by atoms with van der Waals surface area (Å²) < 4.78 is 5.80. The first-order chi connectivity index (χ1) is 17.2. The van der Waals surface area contributed by atoms with Crippen LogP contribution in [-0.4, -0.2) is 27.8 Å². The van der Waals surface area contributed by atoms with Gasteiger partial charge in [0, 0.05) is 10.3 Å². The van der Waals surface area contributed by atoms with Gasteiger partial charge < -0.3 is 4.74 Å². The van der Waals surface area contributed by atoms with Crippen LogP contribution in [0.15, 0.2) is 71.1 Å². The van der Waals surface area contributed by atoms with Crippen molar-refractivity contribution in [3.8, 4) is 5.75 Å². The highest BCUT2D eigenvalue weighted by atomic mass is 32.2. The number of ether oxygens (including phenoxy) is 1. The normalized spacial score (nSPS) is 15.3. The molecule has 5 rings (SSSR count). The molecule has 1 amide bonds. The maximum absolute atomic E-state index is 12.4. The molecule has 0 radical (unpaired) electrons. The van der Waals surface area contributed by atoms with Crippen LogP contribution in [0.25, 0.3) is 10.2 Å². The van der Waals surface area contributed by atoms with E-state index < -0.39 is 0 Å². The number of rotatable bonds is 8. The van der Waals surface area contributed by atoms with E-state index in [-0.39, 0.29) is 11.7 Å². The van der Waals surface area contributed by atoms with Gasteiger partial charge in [-0.3, -0.25) is 4.79 Å². The molecule has 6 nitrogen and oxygen atoms in total. The zero-order valence-electron chi connectivity index (χ0n) is 19.4. The van der Waals surface area contributed by atoms with Gasteiger partial charge in [0.2, 0.25) is 5.91 Å². The van der Waals surface area contributed by atoms with Crippen LogP contribution in [0.3, 0.4) is 0 Å². The first-order valence-corrected chi connectivity index (χ1v) is 13.4. The van der Waals surface area contributed by atoms with Gasteiger partial charge in [-0.25, -0.2) is 15.4 Å². The standard InChI is InChI=1S/C27H26N4O2S2/c1-18-7-12-22-23(13-18)35-27-25(22)26(28-17-29-27)34-16-24(32)31-30-14-19-8-10-21(11-9-19)33-15-20-5-3-2-4-6-20/h2-6,8-11,14,17-18H,7,12-13,15-16H2,1H3,(H,31,32)/b30-14+. The van der Waals surface area contributed by atoms with Crippen molar-refractivity contribution in [1.29, 1.82) is 0 Å². The van der Waals surface area contributed by atoms with E-state index in [1.54, 1.807) is 23.9 Å². The Kier molecular flexibility index (Phi) is 7.39. The van der Waals surface area contributed by atoms with Crippen molar-refractivity contribution in [3.05, 3.63) is 82.5 Å². The number of benzene rings is 2. The topological polar surface area (TPSA) is 76.5 Å². The van der Waals surface area contributed by atoms with Gasteiger partial charge in [-0.1, -0.05) is 49.0 Å². The zero-order valence-corrected chi connectivity index (χ0v) is 21.1. The summed E-state index contributed by atoms with van der Waals surface area (Å²) in [6.07, 6.45) is 6.58. The van der Waals surface area contributed by atoms with Crippen molar-refractivity contribution >= 4 is 45.4 Å². The molecule has 0 bridgehead atoms. The maximum atomic E-state index is 12.4. The van der Waals surface area contributed by atoms with Crippen LogP contribution in [0.5, 0.6) is 5.75 Å². The molecule has 0 spiro atoms. The number of nitrogens with one attached hydrogen (secondary N) is 1. The van der Waals surface area contributed by atoms with E-state index in [0.29, 0.717) is 12.5 Å². The highest BCUT2D eigenvalue weighted by molar-refractivity contribution is 8.00. The molecular weight excluding hydrogens is 476 g/mol. The third-order valence-electron chi connectivity index (χ3n) is 5.93. The molecule has 0 saturated carbocycles. The Labute approximate surface area is 212 Å². The number of hydrogen-bond donors (Lipinski definition) is 1. The van der Waals surface area contributed by atoms with E-state index in [4.69, 9.17) is 4.74 Å². The molecular formula is C27H26N4O2S2. The number of aryl methyl sites for hydroxylation is 1. The van der Waals surface area contributed by atoms with Gasteiger partial charge >= 0.3 is 0 Å². The van der Waals surface area contributed by atoms with Gasteiger partial charge in [0.15, 0.2) is 0 Å². The number of carbonyl (C=O) groups is 1. The van der Waals surface area contributed by atoms with Gasteiger partial charge in [0.25, 0.3) is 0 Å². The summed E-state index contributed by atoms with van der Waals surface area (Å²) in [5.41, 5.74) is 5.98. The smallest absolute Gasteiger partial charge is 0.250 e. The Morgan fingerprint density at radius 2 is 2.03 bits per heavy atom. The highest BCUT2D eigenvalue weighted by Gasteiger charge is 2.23. The number of hydrazone groups is 1. The minimum Gasteiger partial charge on any atom is -0.489 e. The fourth-order valence-corrected chi connectivity index (χ4v) is 6.32. The predicted molar refractivity (Wildman–Crippen MR) is 142 cm³/mol. The fourth-order valence-electron chi connectivity index (χ4n) is 4.09. The lowest BCUT2D eigenvalue weighted by Crippen LogP contribution is -2.19. The molecule has 0 aliphatic heterocycles. The van der Waals surface area contributed by atoms with Gasteiger partial charge in [-0.2, -0.15) is 5.10 Å². The highest BCUT2D eigenvalue weighted by Crippen LogP contribution is 2.40. The Morgan fingerprint density at radius 3 is 2.86 bits per heavy atom. The molecule has 1 N–H and O–H groups in total. The number of carbonyl (C=O) groups excluding carboxylic acids is 1. The molecule has 4 aromatic rings. The quantitative estimate of drug-likeness (QED) is 0.146. The second-order valence-electron chi connectivity index (χ2n) is 8.64. The Balaban J connectivity index is 1.13. The van der Waals surface area contributed by atoms with Crippen LogP contribution in [0.4, 0.5) is 0 Å². The summed E-state index contributed by atoms with van der Waals surface area (Å²) in [7, 11) is 0. The number of aromatic nitrogens is 2. The third-order valence-corrected chi connectivity index (χ3v) is 8.08. The number of hydrogen-bond acceptors (Lipinski definition) is 7. The summed E-state index contributed by atoms with van der Waals surface area (Å²) in [4.78, 5) is 23.8. The lowest BCUT2D eigenvalue weighted by molar-refractivity contribution is -0.118. The summed E-state index contributed by atoms with van der Waals surface area (Å²) in [5, 5.41) is 6.11. The maximum Gasteiger partial charge on any atom is 0.250 e. The Morgan fingerprint density at radius 1 is 1.20 bits per heavy atom. The van der Waals surface area contributed by atoms with Crippen molar-refractivity contribution < 1.29 is 9.53 Å². The molecule has 0 fully saturated rings. The van der Waals surface area contributed by atoms with E-state index in [1.807, 2.05) is 54.6 Å². The molecule has 1 unspecified atom stereocenters. The number of nitrogens with zero attached hydrogens (tertiary/aromatic N) is 3. The van der Waals surface area contributed by atoms with Crippen LogP contribution in [0, 0.1) is 5.92 Å². The second kappa shape index (κ2) is 11.0. The van der Waals surface area contributed by atoms with Crippen molar-refractivity contribution in [2.45, 2.75) is 37.8 Å². The third kappa shape index (κ3) is 5.89. The van der Waals surface area contributed by atoms with Crippen LogP contribution < -0.4 is 10.2 Å². The largest absolute Gasteiger partial charge is 0.489 e. The molecule has 8 heteroatoms. The van der Waals surface area contributed by atoms with Crippen molar-refractivity contribution in [3.63, 3.8) is 0 Å². The van der Waals surface area contributed by atoms with E-state index in [2.05, 4.69) is 27.4 Å². The number of thioether (sulfide) groups is 1. The number of amides is 1. The van der Waals surface area contributed by atoms with E-state index in [0.717, 1.165) is 45.0 Å². The predicted octanol–water partition coefficient (Wildman–Crippen LogP) is 5.64. The molecule has 2 aromatic heterocycles. The van der Waals surface area contributed by atoms with Gasteiger partial charge in [0.05, 0.1) is 12.0 Å². The zero-order chi connectivity index (χ0) is 24.0. The van der Waals surface area contributed by atoms with Crippen molar-refractivity contribution in [1.82, 2.24) is 15.4 Å². The number of fused-ring (bicyclic) bond motifs is 3. The van der Waals surface area contributed by atoms with E-state index in [9.17, 15) is 4.79 Å². The molecule has 178 valence electrons. The summed E-state index contributed by atoms with van der Waals surface area (Å²) in [6, 6.07) is 17.6. The summed E-state index contributed by atoms with van der Waals surface area (Å²) >= 11 is 3.21. The van der Waals surface area contributed by atoms with E-state index >= 15 is 0 Å². The second-order valence-corrected chi connectivity index (χ2v) is 10.7. The minimum atomic E-state index is -0.168. The molecule has 2 aromatic carbocycles. The number of thiophene rings is 1. The van der Waals surface area contributed by atoms with Gasteiger partial charge in [-0.05, 0) is 66.1 Å². The average Bonchev–Trinajstić information content (AvgIpc) is 3.25. The monoisotopic (exact) mass is 502 g/mol. The molecule has 0 saturated heterocycles. The van der Waals surface area contributed by atoms with Crippen molar-refractivity contribution in [2.24, 2.45) is 11.0 Å². The van der Waals surface area contributed by atoms with Gasteiger partial charge in [-0.15, -0.1) is 11.3 Å². The Bertz CT molecular complexity index is 1340. The van der Waals surface area contributed by atoms with Crippen LogP contribution in [0.1, 0.15) is 34.9 Å².